The van der Waals surface area contributed by atoms with Gasteiger partial charge in [-0.15, -0.1) is 0 Å². The van der Waals surface area contributed by atoms with Gasteiger partial charge in [-0.2, -0.15) is 13.4 Å². The second-order valence-corrected chi connectivity index (χ2v) is 10.9. The number of carbonyl (C=O) groups is 1. The average molecular weight is 511 g/mol. The van der Waals surface area contributed by atoms with Crippen LogP contribution in [0.5, 0.6) is 11.6 Å². The third-order valence-electron chi connectivity index (χ3n) is 6.70. The molecule has 1 fully saturated rings. The molecule has 1 atom stereocenters. The number of rotatable bonds is 8. The number of sulfonamides is 1. The van der Waals surface area contributed by atoms with Crippen LogP contribution in [0.15, 0.2) is 65.8 Å². The largest absolute Gasteiger partial charge is 0.497 e. The van der Waals surface area contributed by atoms with E-state index in [9.17, 15) is 13.2 Å². The number of ether oxygens (including phenoxy) is 2. The summed E-state index contributed by atoms with van der Waals surface area (Å²) >= 11 is 0. The van der Waals surface area contributed by atoms with Crippen molar-refractivity contribution in [2.45, 2.75) is 44.4 Å². The molecule has 1 aliphatic heterocycles. The molecular weight excluding hydrogens is 480 g/mol. The summed E-state index contributed by atoms with van der Waals surface area (Å²) in [6.07, 6.45) is 2.56. The lowest BCUT2D eigenvalue weighted by atomic mass is 9.90. The summed E-state index contributed by atoms with van der Waals surface area (Å²) in [6, 6.07) is 14.9. The molecule has 1 amide bonds. The molecule has 0 aliphatic carbocycles. The Bertz CT molecular complexity index is 1360. The number of hydrogen-bond donors (Lipinski definition) is 1. The van der Waals surface area contributed by atoms with Crippen LogP contribution in [-0.4, -0.2) is 43.5 Å². The fourth-order valence-corrected chi connectivity index (χ4v) is 5.10. The minimum Gasteiger partial charge on any atom is -0.497 e. The van der Waals surface area contributed by atoms with Gasteiger partial charge in [-0.25, -0.2) is 9.71 Å². The van der Waals surface area contributed by atoms with Crippen molar-refractivity contribution < 1.29 is 22.7 Å². The summed E-state index contributed by atoms with van der Waals surface area (Å²) < 4.78 is 39.1. The first-order valence-corrected chi connectivity index (χ1v) is 13.1. The van der Waals surface area contributed by atoms with E-state index in [4.69, 9.17) is 9.47 Å². The van der Waals surface area contributed by atoms with E-state index in [1.165, 1.54) is 12.1 Å². The van der Waals surface area contributed by atoms with Crippen LogP contribution in [0, 0.1) is 5.92 Å². The zero-order valence-electron chi connectivity index (χ0n) is 20.8. The Balaban J connectivity index is 1.51. The number of amides is 1. The maximum atomic E-state index is 13.1. The molecule has 1 aliphatic rings. The number of nitrogens with one attached hydrogen (secondary N) is 1. The van der Waals surface area contributed by atoms with Gasteiger partial charge in [0.2, 0.25) is 5.88 Å². The van der Waals surface area contributed by atoms with Gasteiger partial charge in [0.05, 0.1) is 12.7 Å². The normalized spacial score (nSPS) is 17.0. The lowest BCUT2D eigenvalue weighted by Gasteiger charge is -2.36. The van der Waals surface area contributed by atoms with Crippen LogP contribution in [0.3, 0.4) is 0 Å². The smallest absolute Gasteiger partial charge is 0.281 e. The fourth-order valence-electron chi connectivity index (χ4n) is 4.17. The van der Waals surface area contributed by atoms with Gasteiger partial charge in [0.15, 0.2) is 5.03 Å². The summed E-state index contributed by atoms with van der Waals surface area (Å²) in [5.74, 6) is 0.886. The predicted octanol–water partition coefficient (Wildman–Crippen LogP) is 3.81. The Morgan fingerprint density at radius 1 is 1.17 bits per heavy atom. The lowest BCUT2D eigenvalue weighted by molar-refractivity contribution is 0.0981. The van der Waals surface area contributed by atoms with E-state index in [1.54, 1.807) is 31.5 Å². The molecule has 0 saturated carbocycles. The SMILES string of the molecule is COc1cccc(COc2cccc(S(=O)(=O)NC(=O)c3cccnc3N3CCC(C)C3(C)C)n2)c1. The topological polar surface area (TPSA) is 111 Å². The molecule has 1 N–H and O–H groups in total. The van der Waals surface area contributed by atoms with Gasteiger partial charge in [-0.05, 0) is 62.1 Å². The maximum Gasteiger partial charge on any atom is 0.281 e. The van der Waals surface area contributed by atoms with Crippen molar-refractivity contribution in [3.63, 3.8) is 0 Å². The molecule has 36 heavy (non-hydrogen) atoms. The molecule has 1 aromatic carbocycles. The highest BCUT2D eigenvalue weighted by Crippen LogP contribution is 2.38. The minimum atomic E-state index is -4.26. The number of carbonyl (C=O) groups excluding carboxylic acids is 1. The Hall–Kier alpha value is -3.66. The van der Waals surface area contributed by atoms with Crippen LogP contribution in [-0.2, 0) is 16.6 Å². The monoisotopic (exact) mass is 510 g/mol. The standard InChI is InChI=1S/C26H30N4O5S/c1-18-13-15-30(26(18,2)3)24-21(10-7-14-27-24)25(31)29-36(32,33)23-12-6-11-22(28-23)35-17-19-8-5-9-20(16-19)34-4/h5-12,14,16,18H,13,15,17H2,1-4H3,(H,29,31). The molecule has 3 heterocycles. The number of nitrogens with zero attached hydrogens (tertiary/aromatic N) is 3. The number of pyridine rings is 2. The van der Waals surface area contributed by atoms with E-state index < -0.39 is 15.9 Å². The van der Waals surface area contributed by atoms with Crippen LogP contribution in [0.2, 0.25) is 0 Å². The van der Waals surface area contributed by atoms with Crippen molar-refractivity contribution in [1.82, 2.24) is 14.7 Å². The number of aromatic nitrogens is 2. The molecular formula is C26H30N4O5S. The third kappa shape index (κ3) is 5.28. The van der Waals surface area contributed by atoms with E-state index >= 15 is 0 Å². The summed E-state index contributed by atoms with van der Waals surface area (Å²) in [6.45, 7) is 7.25. The first-order chi connectivity index (χ1) is 17.1. The molecule has 3 aromatic rings. The number of benzene rings is 1. The van der Waals surface area contributed by atoms with Crippen molar-refractivity contribution in [3.05, 3.63) is 71.9 Å². The van der Waals surface area contributed by atoms with E-state index in [2.05, 4.69) is 40.4 Å². The highest BCUT2D eigenvalue weighted by molar-refractivity contribution is 7.90. The van der Waals surface area contributed by atoms with E-state index in [1.807, 2.05) is 24.3 Å². The summed E-state index contributed by atoms with van der Waals surface area (Å²) in [5, 5.41) is -0.320. The molecule has 1 unspecified atom stereocenters. The highest BCUT2D eigenvalue weighted by atomic mass is 32.2. The van der Waals surface area contributed by atoms with E-state index in [-0.39, 0.29) is 28.6 Å². The zero-order valence-corrected chi connectivity index (χ0v) is 21.6. The summed E-state index contributed by atoms with van der Waals surface area (Å²) in [5.41, 5.74) is 0.799. The highest BCUT2D eigenvalue weighted by Gasteiger charge is 2.40. The summed E-state index contributed by atoms with van der Waals surface area (Å²) in [4.78, 5) is 23.7. The molecule has 10 heteroatoms. The first kappa shape index (κ1) is 25.4. The van der Waals surface area contributed by atoms with Gasteiger partial charge in [0.25, 0.3) is 15.9 Å². The quantitative estimate of drug-likeness (QED) is 0.487. The second kappa shape index (κ2) is 10.1. The molecule has 0 radical (unpaired) electrons. The maximum absolute atomic E-state index is 13.1. The molecule has 9 nitrogen and oxygen atoms in total. The van der Waals surface area contributed by atoms with Crippen LogP contribution in [0.25, 0.3) is 0 Å². The van der Waals surface area contributed by atoms with E-state index in [0.29, 0.717) is 17.5 Å². The third-order valence-corrected chi connectivity index (χ3v) is 7.93. The molecule has 2 aromatic heterocycles. The zero-order chi connectivity index (χ0) is 25.9. The van der Waals surface area contributed by atoms with Gasteiger partial charge in [0, 0.05) is 24.3 Å². The van der Waals surface area contributed by atoms with E-state index in [0.717, 1.165) is 18.5 Å². The molecule has 0 bridgehead atoms. The van der Waals surface area contributed by atoms with Crippen molar-refractivity contribution in [2.75, 3.05) is 18.6 Å². The van der Waals surface area contributed by atoms with Crippen LogP contribution in [0.4, 0.5) is 5.82 Å². The molecule has 4 rings (SSSR count). The predicted molar refractivity (Wildman–Crippen MR) is 136 cm³/mol. The van der Waals surface area contributed by atoms with Gasteiger partial charge >= 0.3 is 0 Å². The van der Waals surface area contributed by atoms with Gasteiger partial charge in [-0.3, -0.25) is 4.79 Å². The van der Waals surface area contributed by atoms with Gasteiger partial charge < -0.3 is 14.4 Å². The van der Waals surface area contributed by atoms with Crippen molar-refractivity contribution >= 4 is 21.7 Å². The van der Waals surface area contributed by atoms with Gasteiger partial charge in [-0.1, -0.05) is 25.1 Å². The average Bonchev–Trinajstić information content (AvgIpc) is 3.14. The number of methoxy groups -OCH3 is 1. The second-order valence-electron chi connectivity index (χ2n) is 9.26. The molecule has 0 spiro atoms. The van der Waals surface area contributed by atoms with Crippen LogP contribution in [0.1, 0.15) is 43.1 Å². The van der Waals surface area contributed by atoms with Crippen molar-refractivity contribution in [1.29, 1.82) is 0 Å². The van der Waals surface area contributed by atoms with Crippen LogP contribution >= 0.6 is 0 Å². The van der Waals surface area contributed by atoms with Crippen molar-refractivity contribution in [3.8, 4) is 11.6 Å². The van der Waals surface area contributed by atoms with Crippen molar-refractivity contribution in [2.24, 2.45) is 5.92 Å². The Morgan fingerprint density at radius 2 is 1.94 bits per heavy atom. The number of hydrogen-bond acceptors (Lipinski definition) is 8. The first-order valence-electron chi connectivity index (χ1n) is 11.6. The minimum absolute atomic E-state index is 0.114. The fraction of sp³-hybridized carbons (Fsp3) is 0.346. The number of anilines is 1. The summed E-state index contributed by atoms with van der Waals surface area (Å²) in [7, 11) is -2.69. The molecule has 1 saturated heterocycles. The Kier molecular flexibility index (Phi) is 7.16. The Labute approximate surface area is 211 Å². The Morgan fingerprint density at radius 3 is 2.67 bits per heavy atom. The van der Waals surface area contributed by atoms with Crippen LogP contribution < -0.4 is 19.1 Å². The van der Waals surface area contributed by atoms with Gasteiger partial charge in [0.1, 0.15) is 18.2 Å². The lowest BCUT2D eigenvalue weighted by Crippen LogP contribution is -2.43. The molecule has 190 valence electrons.